The first-order valence-corrected chi connectivity index (χ1v) is 7.47. The highest BCUT2D eigenvalue weighted by molar-refractivity contribution is 5.74. The number of esters is 1. The minimum atomic E-state index is -0.299. The highest BCUT2D eigenvalue weighted by Gasteiger charge is 2.17. The molecular weight excluding hydrogens is 252 g/mol. The highest BCUT2D eigenvalue weighted by atomic mass is 16.6. The Labute approximate surface area is 121 Å². The molecular formula is C17H24O3. The fourth-order valence-electron chi connectivity index (χ4n) is 2.64. The zero-order valence-corrected chi connectivity index (χ0v) is 12.7. The summed E-state index contributed by atoms with van der Waals surface area (Å²) in [5, 5.41) is 0. The Kier molecular flexibility index (Phi) is 5.18. The fourth-order valence-corrected chi connectivity index (χ4v) is 2.64. The van der Waals surface area contributed by atoms with Gasteiger partial charge in [-0.05, 0) is 50.3 Å². The molecule has 0 bridgehead atoms. The van der Waals surface area contributed by atoms with Gasteiger partial charge in [0, 0.05) is 0 Å². The lowest BCUT2D eigenvalue weighted by Gasteiger charge is -2.21. The first kappa shape index (κ1) is 15.0. The minimum absolute atomic E-state index is 0.0531. The van der Waals surface area contributed by atoms with Gasteiger partial charge in [-0.25, -0.2) is 4.79 Å². The Morgan fingerprint density at radius 1 is 1.10 bits per heavy atom. The molecule has 1 aliphatic carbocycles. The predicted octanol–water partition coefficient (Wildman–Crippen LogP) is 3.87. The number of aryl methyl sites for hydroxylation is 2. The lowest BCUT2D eigenvalue weighted by molar-refractivity contribution is -0.142. The normalized spacial score (nSPS) is 16.1. The van der Waals surface area contributed by atoms with Crippen LogP contribution in [-0.4, -0.2) is 18.7 Å². The summed E-state index contributed by atoms with van der Waals surface area (Å²) in [5.41, 5.74) is 3.14. The molecule has 0 unspecified atom stereocenters. The summed E-state index contributed by atoms with van der Waals surface area (Å²) in [7, 11) is 0. The van der Waals surface area contributed by atoms with Crippen LogP contribution in [0.4, 0.5) is 0 Å². The first-order chi connectivity index (χ1) is 9.58. The van der Waals surface area contributed by atoms with Crippen LogP contribution in [0.3, 0.4) is 0 Å². The third-order valence-electron chi connectivity index (χ3n) is 4.08. The Bertz CT molecular complexity index is 473. The Hall–Kier alpha value is -1.35. The van der Waals surface area contributed by atoms with E-state index in [2.05, 4.69) is 0 Å². The van der Waals surface area contributed by atoms with Crippen LogP contribution in [0, 0.1) is 20.8 Å². The van der Waals surface area contributed by atoms with Crippen molar-refractivity contribution >= 4 is 5.97 Å². The summed E-state index contributed by atoms with van der Waals surface area (Å²) in [6.45, 7) is 6.01. The molecule has 1 aromatic rings. The number of carbonyl (C=O) groups is 1. The molecule has 0 aromatic heterocycles. The molecule has 0 N–H and O–H groups in total. The average Bonchev–Trinajstić information content (AvgIpc) is 2.46. The predicted molar refractivity (Wildman–Crippen MR) is 79.1 cm³/mol. The Morgan fingerprint density at radius 2 is 1.75 bits per heavy atom. The lowest BCUT2D eigenvalue weighted by atomic mass is 9.98. The third kappa shape index (κ3) is 3.83. The van der Waals surface area contributed by atoms with Crippen LogP contribution in [-0.2, 0) is 9.53 Å². The molecule has 0 heterocycles. The topological polar surface area (TPSA) is 35.5 Å². The smallest absolute Gasteiger partial charge is 0.337 e. The van der Waals surface area contributed by atoms with Gasteiger partial charge < -0.3 is 9.47 Å². The van der Waals surface area contributed by atoms with Gasteiger partial charge in [-0.15, -0.1) is 0 Å². The summed E-state index contributed by atoms with van der Waals surface area (Å²) in [5.74, 6) is 0.384. The van der Waals surface area contributed by atoms with Crippen molar-refractivity contribution < 1.29 is 14.3 Å². The van der Waals surface area contributed by atoms with Crippen molar-refractivity contribution in [2.45, 2.75) is 59.0 Å². The number of carbonyl (C=O) groups excluding carboxylic acids is 1. The van der Waals surface area contributed by atoms with Crippen molar-refractivity contribution in [3.8, 4) is 5.75 Å². The Morgan fingerprint density at radius 3 is 2.45 bits per heavy atom. The largest absolute Gasteiger partial charge is 0.424 e. The molecule has 0 radical (unpaired) electrons. The maximum absolute atomic E-state index is 11.9. The molecule has 1 saturated carbocycles. The second kappa shape index (κ2) is 6.89. The van der Waals surface area contributed by atoms with E-state index in [1.54, 1.807) is 0 Å². The zero-order valence-electron chi connectivity index (χ0n) is 12.7. The van der Waals surface area contributed by atoms with Gasteiger partial charge in [-0.2, -0.15) is 0 Å². The number of hydrogen-bond donors (Lipinski definition) is 0. The maximum atomic E-state index is 11.9. The molecule has 3 heteroatoms. The first-order valence-electron chi connectivity index (χ1n) is 7.47. The van der Waals surface area contributed by atoms with Crippen LogP contribution >= 0.6 is 0 Å². The second-order valence-corrected chi connectivity index (χ2v) is 5.70. The van der Waals surface area contributed by atoms with Crippen molar-refractivity contribution in [1.82, 2.24) is 0 Å². The van der Waals surface area contributed by atoms with E-state index in [0.29, 0.717) is 5.75 Å². The summed E-state index contributed by atoms with van der Waals surface area (Å²) >= 11 is 0. The quantitative estimate of drug-likeness (QED) is 0.618. The molecule has 20 heavy (non-hydrogen) atoms. The molecule has 1 fully saturated rings. The van der Waals surface area contributed by atoms with E-state index in [1.165, 1.54) is 19.3 Å². The lowest BCUT2D eigenvalue weighted by Crippen LogP contribution is -2.24. The van der Waals surface area contributed by atoms with Crippen LogP contribution in [0.5, 0.6) is 5.75 Å². The van der Waals surface area contributed by atoms with Gasteiger partial charge in [0.25, 0.3) is 0 Å². The standard InChI is InChI=1S/C17H24O3/c1-12-9-10-13(2)17(14(12)3)20-16(18)11-19-15-7-5-4-6-8-15/h9-10,15H,4-8,11H2,1-3H3. The van der Waals surface area contributed by atoms with E-state index in [9.17, 15) is 4.79 Å². The second-order valence-electron chi connectivity index (χ2n) is 5.70. The van der Waals surface area contributed by atoms with E-state index in [1.807, 2.05) is 32.9 Å². The zero-order chi connectivity index (χ0) is 14.5. The van der Waals surface area contributed by atoms with Gasteiger partial charge in [-0.1, -0.05) is 31.4 Å². The molecule has 1 aliphatic rings. The molecule has 0 atom stereocenters. The monoisotopic (exact) mass is 276 g/mol. The molecule has 1 aromatic carbocycles. The van der Waals surface area contributed by atoms with Crippen LogP contribution in [0.2, 0.25) is 0 Å². The number of ether oxygens (including phenoxy) is 2. The third-order valence-corrected chi connectivity index (χ3v) is 4.08. The maximum Gasteiger partial charge on any atom is 0.337 e. The average molecular weight is 276 g/mol. The van der Waals surface area contributed by atoms with Gasteiger partial charge in [0.15, 0.2) is 0 Å². The van der Waals surface area contributed by atoms with E-state index >= 15 is 0 Å². The van der Waals surface area contributed by atoms with Gasteiger partial charge in [0.2, 0.25) is 0 Å². The van der Waals surface area contributed by atoms with E-state index in [4.69, 9.17) is 9.47 Å². The van der Waals surface area contributed by atoms with E-state index < -0.39 is 0 Å². The van der Waals surface area contributed by atoms with Gasteiger partial charge in [0.1, 0.15) is 12.4 Å². The number of benzene rings is 1. The van der Waals surface area contributed by atoms with Crippen LogP contribution < -0.4 is 4.74 Å². The fraction of sp³-hybridized carbons (Fsp3) is 0.588. The molecule has 110 valence electrons. The SMILES string of the molecule is Cc1ccc(C)c(OC(=O)COC2CCCCC2)c1C. The number of rotatable bonds is 4. The summed E-state index contributed by atoms with van der Waals surface area (Å²) in [6.07, 6.45) is 6.06. The van der Waals surface area contributed by atoms with Crippen molar-refractivity contribution in [3.63, 3.8) is 0 Å². The molecule has 0 saturated heterocycles. The molecule has 2 rings (SSSR count). The van der Waals surface area contributed by atoms with Gasteiger partial charge >= 0.3 is 5.97 Å². The molecule has 3 nitrogen and oxygen atoms in total. The van der Waals surface area contributed by atoms with Crippen molar-refractivity contribution in [2.24, 2.45) is 0 Å². The summed E-state index contributed by atoms with van der Waals surface area (Å²) in [6, 6.07) is 4.02. The van der Waals surface area contributed by atoms with Gasteiger partial charge in [0.05, 0.1) is 6.10 Å². The van der Waals surface area contributed by atoms with Crippen LogP contribution in [0.25, 0.3) is 0 Å². The molecule has 0 amide bonds. The van der Waals surface area contributed by atoms with E-state index in [0.717, 1.165) is 29.5 Å². The van der Waals surface area contributed by atoms with Crippen LogP contribution in [0.1, 0.15) is 48.8 Å². The summed E-state index contributed by atoms with van der Waals surface area (Å²) < 4.78 is 11.1. The molecule has 0 aliphatic heterocycles. The minimum Gasteiger partial charge on any atom is -0.424 e. The van der Waals surface area contributed by atoms with Crippen molar-refractivity contribution in [1.29, 1.82) is 0 Å². The van der Waals surface area contributed by atoms with E-state index in [-0.39, 0.29) is 18.7 Å². The van der Waals surface area contributed by atoms with Crippen molar-refractivity contribution in [3.05, 3.63) is 28.8 Å². The van der Waals surface area contributed by atoms with Crippen LogP contribution in [0.15, 0.2) is 12.1 Å². The highest BCUT2D eigenvalue weighted by Crippen LogP contribution is 2.26. The molecule has 0 spiro atoms. The Balaban J connectivity index is 1.89. The van der Waals surface area contributed by atoms with Gasteiger partial charge in [-0.3, -0.25) is 0 Å². The van der Waals surface area contributed by atoms with Crippen molar-refractivity contribution in [2.75, 3.05) is 6.61 Å². The summed E-state index contributed by atoms with van der Waals surface area (Å²) in [4.78, 5) is 11.9. The number of hydrogen-bond acceptors (Lipinski definition) is 3.